The van der Waals surface area contributed by atoms with E-state index in [9.17, 15) is 9.59 Å². The van der Waals surface area contributed by atoms with Crippen LogP contribution in [0.2, 0.25) is 0 Å². The second kappa shape index (κ2) is 4.73. The first-order valence-corrected chi connectivity index (χ1v) is 6.02. The van der Waals surface area contributed by atoms with Crippen LogP contribution in [0, 0.1) is 0 Å². The second-order valence-corrected chi connectivity index (χ2v) is 4.28. The lowest BCUT2D eigenvalue weighted by Crippen LogP contribution is -2.25. The fourth-order valence-electron chi connectivity index (χ4n) is 2.02. The van der Waals surface area contributed by atoms with Gasteiger partial charge in [0.05, 0.1) is 13.7 Å². The molecule has 20 heavy (non-hydrogen) atoms. The number of nitrogens with zero attached hydrogens (tertiary/aromatic N) is 3. The third kappa shape index (κ3) is 2.01. The number of ketones is 1. The smallest absolute Gasteiger partial charge is 0.352 e. The molecule has 6 nitrogen and oxygen atoms in total. The van der Waals surface area contributed by atoms with Crippen molar-refractivity contribution < 1.29 is 9.53 Å². The molecule has 0 bridgehead atoms. The number of aliphatic imine (C=N–C) groups is 1. The maximum absolute atomic E-state index is 12.3. The van der Waals surface area contributed by atoms with E-state index in [4.69, 9.17) is 4.74 Å². The Labute approximate surface area is 114 Å². The molecule has 1 aliphatic rings. The minimum atomic E-state index is -0.473. The van der Waals surface area contributed by atoms with E-state index in [2.05, 4.69) is 9.98 Å². The minimum Gasteiger partial charge on any atom is -0.481 e. The van der Waals surface area contributed by atoms with Gasteiger partial charge in [0, 0.05) is 11.6 Å². The van der Waals surface area contributed by atoms with Gasteiger partial charge in [0.1, 0.15) is 11.5 Å². The molecule has 0 fully saturated rings. The average Bonchev–Trinajstić information content (AvgIpc) is 2.92. The van der Waals surface area contributed by atoms with Gasteiger partial charge in [-0.25, -0.2) is 9.79 Å². The van der Waals surface area contributed by atoms with Crippen LogP contribution in [0.5, 0.6) is 5.88 Å². The van der Waals surface area contributed by atoms with E-state index in [1.54, 1.807) is 24.3 Å². The Morgan fingerprint density at radius 1 is 1.30 bits per heavy atom. The van der Waals surface area contributed by atoms with Crippen LogP contribution in [-0.4, -0.2) is 28.2 Å². The highest BCUT2D eigenvalue weighted by Gasteiger charge is 2.23. The van der Waals surface area contributed by atoms with Gasteiger partial charge in [-0.15, -0.1) is 0 Å². The SMILES string of the molecule is COc1cc2n(c(=O)n1)CC(C(=O)c1ccccc1)=N2. The molecule has 0 aliphatic carbocycles. The van der Waals surface area contributed by atoms with Crippen LogP contribution >= 0.6 is 0 Å². The van der Waals surface area contributed by atoms with Crippen molar-refractivity contribution in [1.29, 1.82) is 0 Å². The molecule has 0 spiro atoms. The van der Waals surface area contributed by atoms with E-state index < -0.39 is 5.69 Å². The van der Waals surface area contributed by atoms with E-state index in [0.717, 1.165) is 0 Å². The molecule has 6 heteroatoms. The normalized spacial score (nSPS) is 12.8. The summed E-state index contributed by atoms with van der Waals surface area (Å²) in [5, 5.41) is 0. The maximum atomic E-state index is 12.3. The van der Waals surface area contributed by atoms with Crippen LogP contribution in [0.25, 0.3) is 0 Å². The zero-order valence-corrected chi connectivity index (χ0v) is 10.7. The van der Waals surface area contributed by atoms with Gasteiger partial charge in [-0.05, 0) is 0 Å². The summed E-state index contributed by atoms with van der Waals surface area (Å²) in [7, 11) is 1.42. The number of hydrogen-bond donors (Lipinski definition) is 0. The number of ether oxygens (including phenoxy) is 1. The Balaban J connectivity index is 1.98. The molecule has 1 aromatic heterocycles. The Hall–Kier alpha value is -2.76. The highest BCUT2D eigenvalue weighted by Crippen LogP contribution is 2.21. The summed E-state index contributed by atoms with van der Waals surface area (Å²) in [5.74, 6) is 0.396. The van der Waals surface area contributed by atoms with Crippen molar-refractivity contribution >= 4 is 17.3 Å². The Morgan fingerprint density at radius 2 is 2.05 bits per heavy atom. The van der Waals surface area contributed by atoms with Crippen molar-refractivity contribution in [3.63, 3.8) is 0 Å². The van der Waals surface area contributed by atoms with Crippen molar-refractivity contribution in [2.45, 2.75) is 6.54 Å². The largest absolute Gasteiger partial charge is 0.481 e. The number of carbonyl (C=O) groups excluding carboxylic acids is 1. The molecule has 0 saturated heterocycles. The molecular formula is C14H11N3O3. The van der Waals surface area contributed by atoms with Crippen LogP contribution in [0.15, 0.2) is 46.2 Å². The lowest BCUT2D eigenvalue weighted by molar-refractivity contribution is 0.106. The predicted molar refractivity (Wildman–Crippen MR) is 72.9 cm³/mol. The predicted octanol–water partition coefficient (Wildman–Crippen LogP) is 1.22. The van der Waals surface area contributed by atoms with Gasteiger partial charge in [0.2, 0.25) is 11.7 Å². The molecule has 0 amide bonds. The van der Waals surface area contributed by atoms with Gasteiger partial charge >= 0.3 is 5.69 Å². The van der Waals surface area contributed by atoms with Crippen LogP contribution in [0.4, 0.5) is 5.82 Å². The van der Waals surface area contributed by atoms with Gasteiger partial charge in [-0.1, -0.05) is 30.3 Å². The molecule has 0 unspecified atom stereocenters. The number of carbonyl (C=O) groups is 1. The average molecular weight is 269 g/mol. The summed E-state index contributed by atoms with van der Waals surface area (Å²) < 4.78 is 6.27. The summed E-state index contributed by atoms with van der Waals surface area (Å²) in [5.41, 5.74) is 0.398. The summed E-state index contributed by atoms with van der Waals surface area (Å²) in [6.07, 6.45) is 0. The number of Topliss-reactive ketones (excluding diaryl/α,β-unsaturated/α-hetero) is 1. The standard InChI is InChI=1S/C14H11N3O3/c1-20-12-7-11-15-10(8-17(11)14(19)16-12)13(18)9-5-3-2-4-6-9/h2-7H,8H2,1H3. The molecule has 1 aromatic carbocycles. The van der Waals surface area contributed by atoms with Gasteiger partial charge in [-0.2, -0.15) is 4.98 Å². The Kier molecular flexibility index (Phi) is 2.90. The molecule has 2 aromatic rings. The van der Waals surface area contributed by atoms with Crippen LogP contribution in [0.3, 0.4) is 0 Å². The molecular weight excluding hydrogens is 258 g/mol. The fraction of sp³-hybridized carbons (Fsp3) is 0.143. The fourth-order valence-corrected chi connectivity index (χ4v) is 2.02. The Morgan fingerprint density at radius 3 is 2.75 bits per heavy atom. The first-order chi connectivity index (χ1) is 9.69. The van der Waals surface area contributed by atoms with Gasteiger partial charge in [0.15, 0.2) is 0 Å². The molecule has 0 atom stereocenters. The van der Waals surface area contributed by atoms with Gasteiger partial charge in [0.25, 0.3) is 0 Å². The molecule has 0 saturated carbocycles. The monoisotopic (exact) mass is 269 g/mol. The summed E-state index contributed by atoms with van der Waals surface area (Å²) >= 11 is 0. The van der Waals surface area contributed by atoms with Crippen molar-refractivity contribution in [3.05, 3.63) is 52.4 Å². The quantitative estimate of drug-likeness (QED) is 0.785. The van der Waals surface area contributed by atoms with E-state index in [-0.39, 0.29) is 18.2 Å². The minimum absolute atomic E-state index is 0.138. The van der Waals surface area contributed by atoms with Crippen molar-refractivity contribution in [2.24, 2.45) is 4.99 Å². The number of rotatable bonds is 3. The van der Waals surface area contributed by atoms with Crippen molar-refractivity contribution in [1.82, 2.24) is 9.55 Å². The second-order valence-electron chi connectivity index (χ2n) is 4.28. The van der Waals surface area contributed by atoms with Gasteiger partial charge < -0.3 is 4.74 Å². The molecule has 1 aliphatic heterocycles. The van der Waals surface area contributed by atoms with Crippen molar-refractivity contribution in [2.75, 3.05) is 7.11 Å². The lowest BCUT2D eigenvalue weighted by atomic mass is 10.1. The van der Waals surface area contributed by atoms with Crippen LogP contribution < -0.4 is 10.4 Å². The van der Waals surface area contributed by atoms with E-state index in [1.807, 2.05) is 6.07 Å². The Bertz CT molecular complexity index is 763. The molecule has 3 rings (SSSR count). The summed E-state index contributed by atoms with van der Waals surface area (Å²) in [4.78, 5) is 32.0. The van der Waals surface area contributed by atoms with Gasteiger partial charge in [-0.3, -0.25) is 9.36 Å². The number of fused-ring (bicyclic) bond motifs is 1. The number of hydrogen-bond acceptors (Lipinski definition) is 5. The first-order valence-electron chi connectivity index (χ1n) is 6.02. The summed E-state index contributed by atoms with van der Waals surface area (Å²) in [6, 6.07) is 10.4. The summed E-state index contributed by atoms with van der Waals surface area (Å²) in [6.45, 7) is 0.138. The molecule has 0 N–H and O–H groups in total. The number of methoxy groups -OCH3 is 1. The van der Waals surface area contributed by atoms with E-state index in [0.29, 0.717) is 17.1 Å². The highest BCUT2D eigenvalue weighted by molar-refractivity contribution is 6.46. The van der Waals surface area contributed by atoms with Crippen LogP contribution in [-0.2, 0) is 6.54 Å². The molecule has 0 radical (unpaired) electrons. The zero-order valence-electron chi connectivity index (χ0n) is 10.7. The lowest BCUT2D eigenvalue weighted by Gasteiger charge is -2.02. The first kappa shape index (κ1) is 12.3. The van der Waals surface area contributed by atoms with E-state index in [1.165, 1.54) is 17.7 Å². The van der Waals surface area contributed by atoms with E-state index >= 15 is 0 Å². The molecule has 100 valence electrons. The third-order valence-corrected chi connectivity index (χ3v) is 3.03. The topological polar surface area (TPSA) is 73.6 Å². The number of benzene rings is 1. The highest BCUT2D eigenvalue weighted by atomic mass is 16.5. The number of aromatic nitrogens is 2. The third-order valence-electron chi connectivity index (χ3n) is 3.03. The van der Waals surface area contributed by atoms with Crippen molar-refractivity contribution in [3.8, 4) is 5.88 Å². The molecule has 2 heterocycles. The van der Waals surface area contributed by atoms with Crippen LogP contribution in [0.1, 0.15) is 10.4 Å². The zero-order chi connectivity index (χ0) is 14.1. The maximum Gasteiger partial charge on any atom is 0.352 e.